The van der Waals surface area contributed by atoms with Gasteiger partial charge in [-0.15, -0.1) is 11.3 Å². The minimum atomic E-state index is -0.0412. The summed E-state index contributed by atoms with van der Waals surface area (Å²) in [4.78, 5) is 34.8. The van der Waals surface area contributed by atoms with Gasteiger partial charge in [-0.05, 0) is 42.8 Å². The van der Waals surface area contributed by atoms with Gasteiger partial charge in [0.25, 0.3) is 0 Å². The van der Waals surface area contributed by atoms with Crippen molar-refractivity contribution in [3.05, 3.63) is 59.3 Å². The van der Waals surface area contributed by atoms with Crippen molar-refractivity contribution in [1.82, 2.24) is 35.1 Å². The molecule has 6 aromatic rings. The van der Waals surface area contributed by atoms with Gasteiger partial charge in [0.1, 0.15) is 16.7 Å². The van der Waals surface area contributed by atoms with Crippen molar-refractivity contribution in [3.8, 4) is 33.3 Å². The molecule has 0 radical (unpaired) electrons. The molecule has 178 valence electrons. The van der Waals surface area contributed by atoms with Crippen molar-refractivity contribution in [3.63, 3.8) is 0 Å². The van der Waals surface area contributed by atoms with Crippen LogP contribution in [0, 0.1) is 0 Å². The Morgan fingerprint density at radius 3 is 2.78 bits per heavy atom. The molecule has 1 amide bonds. The minimum Gasteiger partial charge on any atom is -0.336 e. The van der Waals surface area contributed by atoms with Crippen molar-refractivity contribution in [2.24, 2.45) is 0 Å². The molecule has 0 atom stereocenters. The van der Waals surface area contributed by atoms with E-state index in [2.05, 4.69) is 30.5 Å². The second-order valence-electron chi connectivity index (χ2n) is 8.17. The van der Waals surface area contributed by atoms with Crippen LogP contribution >= 0.6 is 22.9 Å². The number of anilines is 1. The van der Waals surface area contributed by atoms with E-state index in [9.17, 15) is 4.79 Å². The Hall–Kier alpha value is -4.15. The largest absolute Gasteiger partial charge is 0.336 e. The summed E-state index contributed by atoms with van der Waals surface area (Å²) in [5.41, 5.74) is 6.49. The van der Waals surface area contributed by atoms with E-state index in [1.165, 1.54) is 11.3 Å². The van der Waals surface area contributed by atoms with Gasteiger partial charge < -0.3 is 10.3 Å². The van der Waals surface area contributed by atoms with Gasteiger partial charge in [-0.3, -0.25) is 19.9 Å². The van der Waals surface area contributed by atoms with E-state index < -0.39 is 0 Å². The molecule has 6 rings (SSSR count). The molecule has 0 bridgehead atoms. The van der Waals surface area contributed by atoms with Crippen LogP contribution in [0.3, 0.4) is 0 Å². The van der Waals surface area contributed by atoms with Crippen LogP contribution in [0.5, 0.6) is 0 Å². The van der Waals surface area contributed by atoms with Gasteiger partial charge in [0, 0.05) is 24.4 Å². The van der Waals surface area contributed by atoms with Crippen LogP contribution in [0.2, 0.25) is 4.34 Å². The average Bonchev–Trinajstić information content (AvgIpc) is 3.61. The van der Waals surface area contributed by atoms with Gasteiger partial charge in [0.2, 0.25) is 5.91 Å². The summed E-state index contributed by atoms with van der Waals surface area (Å²) in [7, 11) is 0. The predicted octanol–water partition coefficient (Wildman–Crippen LogP) is 6.08. The van der Waals surface area contributed by atoms with Gasteiger partial charge in [-0.2, -0.15) is 5.10 Å². The summed E-state index contributed by atoms with van der Waals surface area (Å²) in [6, 6.07) is 11.3. The summed E-state index contributed by atoms with van der Waals surface area (Å²) >= 11 is 7.60. The van der Waals surface area contributed by atoms with Crippen LogP contribution in [0.15, 0.2) is 55.0 Å². The number of thiophene rings is 1. The number of pyridine rings is 3. The lowest BCUT2D eigenvalue weighted by Gasteiger charge is -2.06. The van der Waals surface area contributed by atoms with E-state index in [1.807, 2.05) is 43.3 Å². The van der Waals surface area contributed by atoms with Gasteiger partial charge in [-0.25, -0.2) is 9.97 Å². The van der Waals surface area contributed by atoms with Crippen LogP contribution in [0.1, 0.15) is 19.8 Å². The highest BCUT2D eigenvalue weighted by molar-refractivity contribution is 7.19. The molecule has 0 fully saturated rings. The molecule has 0 saturated heterocycles. The highest BCUT2D eigenvalue weighted by Crippen LogP contribution is 2.35. The van der Waals surface area contributed by atoms with Crippen molar-refractivity contribution in [2.45, 2.75) is 19.8 Å². The molecule has 11 heteroatoms. The second kappa shape index (κ2) is 9.14. The van der Waals surface area contributed by atoms with Crippen molar-refractivity contribution >= 4 is 56.6 Å². The maximum atomic E-state index is 12.0. The normalized spacial score (nSPS) is 11.4. The fourth-order valence-corrected chi connectivity index (χ4v) is 5.03. The number of aromatic amines is 2. The average molecular weight is 515 g/mol. The van der Waals surface area contributed by atoms with Crippen molar-refractivity contribution in [1.29, 1.82) is 0 Å². The lowest BCUT2D eigenvalue weighted by molar-refractivity contribution is -0.116. The van der Waals surface area contributed by atoms with Gasteiger partial charge in [0.05, 0.1) is 37.8 Å². The lowest BCUT2D eigenvalue weighted by Crippen LogP contribution is -2.10. The third-order valence-electron chi connectivity index (χ3n) is 5.63. The van der Waals surface area contributed by atoms with Gasteiger partial charge in [0.15, 0.2) is 11.5 Å². The molecule has 0 spiro atoms. The second-order valence-corrected chi connectivity index (χ2v) is 9.89. The highest BCUT2D eigenvalue weighted by Gasteiger charge is 2.18. The fourth-order valence-electron chi connectivity index (χ4n) is 3.99. The van der Waals surface area contributed by atoms with E-state index in [1.54, 1.807) is 18.6 Å². The molecule has 0 aliphatic heterocycles. The number of rotatable bonds is 6. The zero-order chi connectivity index (χ0) is 24.6. The Bertz CT molecular complexity index is 1740. The first-order valence-electron chi connectivity index (χ1n) is 11.3. The molecule has 3 N–H and O–H groups in total. The topological polar surface area (TPSA) is 125 Å². The number of carbonyl (C=O) groups excluding carboxylic acids is 1. The predicted molar refractivity (Wildman–Crippen MR) is 142 cm³/mol. The number of carbonyl (C=O) groups is 1. The Balaban J connectivity index is 1.40. The van der Waals surface area contributed by atoms with E-state index in [0.29, 0.717) is 39.2 Å². The van der Waals surface area contributed by atoms with Crippen LogP contribution < -0.4 is 5.32 Å². The first-order valence-corrected chi connectivity index (χ1v) is 12.5. The Morgan fingerprint density at radius 1 is 1.06 bits per heavy atom. The third-order valence-corrected chi connectivity index (χ3v) is 6.87. The molecular weight excluding hydrogens is 496 g/mol. The summed E-state index contributed by atoms with van der Waals surface area (Å²) in [6.45, 7) is 1.97. The number of nitrogens with zero attached hydrogens (tertiary/aromatic N) is 5. The number of halogens is 1. The number of hydrogen-bond donors (Lipinski definition) is 3. The van der Waals surface area contributed by atoms with E-state index in [4.69, 9.17) is 21.6 Å². The van der Waals surface area contributed by atoms with Crippen LogP contribution in [0.4, 0.5) is 5.69 Å². The summed E-state index contributed by atoms with van der Waals surface area (Å²) in [6.07, 6.45) is 6.32. The minimum absolute atomic E-state index is 0.0412. The number of nitrogens with one attached hydrogen (secondary N) is 3. The standard InChI is InChI=1S/C25H19ClN8OS/c1-2-3-20(35)29-14-10-13(11-27-12-14)15-4-5-17-22(30-15)24(34-33-17)25-31-16-8-9-28-23(21(16)32-25)18-6-7-19(26)36-18/h4-12H,2-3H2,1H3,(H,29,35)(H,31,32)(H,33,34). The van der Waals surface area contributed by atoms with Gasteiger partial charge >= 0.3 is 0 Å². The molecule has 0 aromatic carbocycles. The zero-order valence-electron chi connectivity index (χ0n) is 19.0. The van der Waals surface area contributed by atoms with E-state index >= 15 is 0 Å². The maximum Gasteiger partial charge on any atom is 0.224 e. The molecule has 9 nitrogen and oxygen atoms in total. The molecule has 0 aliphatic rings. The molecule has 0 saturated carbocycles. The first-order chi connectivity index (χ1) is 17.6. The van der Waals surface area contributed by atoms with E-state index in [-0.39, 0.29) is 5.91 Å². The number of amides is 1. The molecular formula is C25H19ClN8OS. The Morgan fingerprint density at radius 2 is 1.94 bits per heavy atom. The monoisotopic (exact) mass is 514 g/mol. The molecule has 36 heavy (non-hydrogen) atoms. The summed E-state index contributed by atoms with van der Waals surface area (Å²) in [5.74, 6) is 0.539. The fraction of sp³-hybridized carbons (Fsp3) is 0.120. The maximum absolute atomic E-state index is 12.0. The number of H-pyrrole nitrogens is 2. The third kappa shape index (κ3) is 4.10. The number of imidazole rings is 1. The highest BCUT2D eigenvalue weighted by atomic mass is 35.5. The summed E-state index contributed by atoms with van der Waals surface area (Å²) in [5, 5.41) is 10.4. The Kier molecular flexibility index (Phi) is 5.67. The molecule has 6 aromatic heterocycles. The molecule has 0 aliphatic carbocycles. The smallest absolute Gasteiger partial charge is 0.224 e. The van der Waals surface area contributed by atoms with Crippen molar-refractivity contribution < 1.29 is 4.79 Å². The van der Waals surface area contributed by atoms with Crippen LogP contribution in [0.25, 0.3) is 55.4 Å². The SMILES string of the molecule is CCCC(=O)Nc1cncc(-c2ccc3[nH]nc(-c4nc5c(-c6ccc(Cl)s6)nccc5[nH]4)c3n2)c1. The van der Waals surface area contributed by atoms with Gasteiger partial charge in [-0.1, -0.05) is 18.5 Å². The zero-order valence-corrected chi connectivity index (χ0v) is 20.6. The summed E-state index contributed by atoms with van der Waals surface area (Å²) < 4.78 is 0.693. The molecule has 0 unspecified atom stereocenters. The number of hydrogen-bond acceptors (Lipinski definition) is 7. The quantitative estimate of drug-likeness (QED) is 0.247. The molecule has 6 heterocycles. The first kappa shape index (κ1) is 22.3. The number of fused-ring (bicyclic) bond motifs is 2. The van der Waals surface area contributed by atoms with Crippen LogP contribution in [-0.4, -0.2) is 41.0 Å². The Labute approximate surface area is 214 Å². The van der Waals surface area contributed by atoms with E-state index in [0.717, 1.165) is 39.1 Å². The lowest BCUT2D eigenvalue weighted by atomic mass is 10.1. The van der Waals surface area contributed by atoms with Crippen LogP contribution in [-0.2, 0) is 4.79 Å². The van der Waals surface area contributed by atoms with Crippen molar-refractivity contribution in [2.75, 3.05) is 5.32 Å². The number of aromatic nitrogens is 7.